The van der Waals surface area contributed by atoms with Gasteiger partial charge >= 0.3 is 11.9 Å². The standard InChI is InChI=1S/C35H54N2O8/c1-11-15-27-21-42-32(39)25(5)29(38)24(4)31(35(6,41-10)19-22(2)20-37(27)9)45-34-30(28(36(7)8)18-23(3)43-34)44-33(40)26-16-13-12-14-17-26/h11-14,16-17,22-25,27-28,30-31,34H,1,15,18-21H2,2-10H3/t22-,23-,24+,25?,27+,28+,30-,31-,34+,35-/m1/s1. The summed E-state index contributed by atoms with van der Waals surface area (Å²) in [5.41, 5.74) is -0.549. The highest BCUT2D eigenvalue weighted by Crippen LogP contribution is 2.37. The van der Waals surface area contributed by atoms with E-state index in [-0.39, 0.29) is 36.5 Å². The molecule has 45 heavy (non-hydrogen) atoms. The van der Waals surface area contributed by atoms with Crippen LogP contribution in [0.2, 0.25) is 0 Å². The molecule has 1 aromatic rings. The van der Waals surface area contributed by atoms with Crippen molar-refractivity contribution in [3.63, 3.8) is 0 Å². The zero-order chi connectivity index (χ0) is 33.5. The monoisotopic (exact) mass is 630 g/mol. The summed E-state index contributed by atoms with van der Waals surface area (Å²) in [5, 5.41) is 0. The van der Waals surface area contributed by atoms with E-state index < -0.39 is 47.9 Å². The maximum Gasteiger partial charge on any atom is 0.338 e. The van der Waals surface area contributed by atoms with Gasteiger partial charge in [0.1, 0.15) is 12.5 Å². The maximum atomic E-state index is 14.0. The topological polar surface area (TPSA) is 104 Å². The van der Waals surface area contributed by atoms with E-state index in [0.29, 0.717) is 31.4 Å². The van der Waals surface area contributed by atoms with E-state index in [2.05, 4.69) is 18.4 Å². The van der Waals surface area contributed by atoms with Crippen LogP contribution in [0, 0.1) is 17.8 Å². The highest BCUT2D eigenvalue weighted by atomic mass is 16.7. The average molecular weight is 631 g/mol. The van der Waals surface area contributed by atoms with Gasteiger partial charge in [-0.05, 0) is 79.2 Å². The third kappa shape index (κ3) is 9.23. The lowest BCUT2D eigenvalue weighted by atomic mass is 9.78. The summed E-state index contributed by atoms with van der Waals surface area (Å²) in [7, 11) is 7.47. The van der Waals surface area contributed by atoms with Gasteiger partial charge in [-0.1, -0.05) is 38.1 Å². The Morgan fingerprint density at radius 2 is 1.82 bits per heavy atom. The van der Waals surface area contributed by atoms with Crippen LogP contribution in [0.4, 0.5) is 0 Å². The van der Waals surface area contributed by atoms with Crippen molar-refractivity contribution in [2.75, 3.05) is 41.4 Å². The molecule has 0 radical (unpaired) electrons. The lowest BCUT2D eigenvalue weighted by Gasteiger charge is -2.47. The second kappa shape index (κ2) is 16.3. The van der Waals surface area contributed by atoms with Gasteiger partial charge in [0, 0.05) is 25.6 Å². The van der Waals surface area contributed by atoms with E-state index in [1.54, 1.807) is 45.2 Å². The Bertz CT molecular complexity index is 1150. The molecule has 2 fully saturated rings. The molecule has 252 valence electrons. The number of hydrogen-bond donors (Lipinski definition) is 0. The molecule has 2 aliphatic heterocycles. The molecule has 2 heterocycles. The van der Waals surface area contributed by atoms with E-state index in [4.69, 9.17) is 23.7 Å². The van der Waals surface area contributed by atoms with E-state index >= 15 is 0 Å². The third-order valence-electron chi connectivity index (χ3n) is 9.37. The Hall–Kier alpha value is -2.63. The molecule has 10 atom stereocenters. The quantitative estimate of drug-likeness (QED) is 0.234. The predicted molar refractivity (Wildman–Crippen MR) is 172 cm³/mol. The minimum absolute atomic E-state index is 0.0737. The summed E-state index contributed by atoms with van der Waals surface area (Å²) in [6, 6.07) is 8.50. The van der Waals surface area contributed by atoms with Gasteiger partial charge in [0.2, 0.25) is 0 Å². The summed E-state index contributed by atoms with van der Waals surface area (Å²) in [6.07, 6.45) is 0.733. The first-order chi connectivity index (χ1) is 21.2. The van der Waals surface area contributed by atoms with Crippen molar-refractivity contribution in [1.29, 1.82) is 0 Å². The number of ketones is 1. The van der Waals surface area contributed by atoms with Crippen LogP contribution in [0.1, 0.15) is 64.2 Å². The van der Waals surface area contributed by atoms with Gasteiger partial charge in [-0.2, -0.15) is 0 Å². The largest absolute Gasteiger partial charge is 0.463 e. The molecule has 1 aromatic carbocycles. The second-order valence-corrected chi connectivity index (χ2v) is 13.4. The average Bonchev–Trinajstić information content (AvgIpc) is 3.01. The molecule has 0 N–H and O–H groups in total. The Morgan fingerprint density at radius 3 is 2.42 bits per heavy atom. The zero-order valence-corrected chi connectivity index (χ0v) is 28.6. The smallest absolute Gasteiger partial charge is 0.338 e. The number of ether oxygens (including phenoxy) is 5. The van der Waals surface area contributed by atoms with Crippen molar-refractivity contribution in [3.05, 3.63) is 48.6 Å². The summed E-state index contributed by atoms with van der Waals surface area (Å²) >= 11 is 0. The molecule has 0 amide bonds. The van der Waals surface area contributed by atoms with Crippen LogP contribution in [0.3, 0.4) is 0 Å². The molecule has 1 unspecified atom stereocenters. The number of cyclic esters (lactones) is 1. The Balaban J connectivity index is 2.04. The summed E-state index contributed by atoms with van der Waals surface area (Å²) in [4.78, 5) is 44.6. The number of Topliss-reactive ketones (excluding diaryl/α,β-unsaturated/α-hetero) is 1. The fraction of sp³-hybridized carbons (Fsp3) is 0.686. The van der Waals surface area contributed by atoms with Crippen LogP contribution in [0.15, 0.2) is 43.0 Å². The summed E-state index contributed by atoms with van der Waals surface area (Å²) in [5.74, 6) is -3.08. The summed E-state index contributed by atoms with van der Waals surface area (Å²) < 4.78 is 31.2. The molecule has 0 spiro atoms. The Labute approximate surface area is 269 Å². The molecule has 2 saturated heterocycles. The minimum atomic E-state index is -1.02. The molecule has 0 aromatic heterocycles. The minimum Gasteiger partial charge on any atom is -0.463 e. The number of methoxy groups -OCH3 is 1. The number of esters is 2. The number of carbonyl (C=O) groups is 3. The van der Waals surface area contributed by atoms with Gasteiger partial charge in [0.05, 0.1) is 29.4 Å². The van der Waals surface area contributed by atoms with Gasteiger partial charge in [-0.25, -0.2) is 4.79 Å². The number of benzene rings is 1. The van der Waals surface area contributed by atoms with Crippen LogP contribution >= 0.6 is 0 Å². The predicted octanol–water partition coefficient (Wildman–Crippen LogP) is 4.37. The van der Waals surface area contributed by atoms with E-state index in [1.807, 2.05) is 52.0 Å². The Kier molecular flexibility index (Phi) is 13.3. The zero-order valence-electron chi connectivity index (χ0n) is 28.6. The van der Waals surface area contributed by atoms with E-state index in [1.165, 1.54) is 0 Å². The number of likely N-dealkylation sites (N-methyl/N-ethyl adjacent to an activating group) is 2. The molecular formula is C35H54N2O8. The van der Waals surface area contributed by atoms with E-state index in [9.17, 15) is 14.4 Å². The van der Waals surface area contributed by atoms with Crippen molar-refractivity contribution in [3.8, 4) is 0 Å². The van der Waals surface area contributed by atoms with Gasteiger partial charge in [0.25, 0.3) is 0 Å². The van der Waals surface area contributed by atoms with Crippen molar-refractivity contribution < 1.29 is 38.1 Å². The third-order valence-corrected chi connectivity index (χ3v) is 9.37. The molecule has 10 nitrogen and oxygen atoms in total. The highest BCUT2D eigenvalue weighted by Gasteiger charge is 2.50. The van der Waals surface area contributed by atoms with Crippen LogP contribution in [0.5, 0.6) is 0 Å². The van der Waals surface area contributed by atoms with Crippen LogP contribution in [-0.4, -0.2) is 111 Å². The highest BCUT2D eigenvalue weighted by molar-refractivity contribution is 6.00. The molecular weight excluding hydrogens is 576 g/mol. The van der Waals surface area contributed by atoms with Crippen LogP contribution < -0.4 is 0 Å². The lowest BCUT2D eigenvalue weighted by molar-refractivity contribution is -0.294. The molecule has 2 aliphatic rings. The molecule has 0 aliphatic carbocycles. The molecule has 0 saturated carbocycles. The van der Waals surface area contributed by atoms with Gasteiger partial charge in [-0.3, -0.25) is 14.5 Å². The van der Waals surface area contributed by atoms with Crippen molar-refractivity contribution in [1.82, 2.24) is 9.80 Å². The SMILES string of the molecule is C=CC[C@H]1COC(=O)C(C)C(=O)[C@H](C)[C@@H](O[C@@H]2O[C@H](C)C[C@H](N(C)C)[C@H]2OC(=O)c2ccccc2)[C@](C)(OC)C[C@@H](C)CN1C. The second-order valence-electron chi connectivity index (χ2n) is 13.4. The van der Waals surface area contributed by atoms with Gasteiger partial charge < -0.3 is 28.6 Å². The summed E-state index contributed by atoms with van der Waals surface area (Å²) in [6.45, 7) is 14.1. The number of rotatable bonds is 8. The fourth-order valence-electron chi connectivity index (χ4n) is 6.71. The van der Waals surface area contributed by atoms with Gasteiger partial charge in [-0.15, -0.1) is 6.58 Å². The van der Waals surface area contributed by atoms with Crippen molar-refractivity contribution in [2.24, 2.45) is 17.8 Å². The van der Waals surface area contributed by atoms with Crippen molar-refractivity contribution >= 4 is 17.7 Å². The first kappa shape index (κ1) is 36.8. The molecule has 3 rings (SSSR count). The normalized spacial score (nSPS) is 35.9. The van der Waals surface area contributed by atoms with Gasteiger partial charge in [0.15, 0.2) is 18.2 Å². The molecule has 10 heteroatoms. The number of hydrogen-bond acceptors (Lipinski definition) is 10. The van der Waals surface area contributed by atoms with Crippen molar-refractivity contribution in [2.45, 2.75) is 96.2 Å². The molecule has 0 bridgehead atoms. The first-order valence-electron chi connectivity index (χ1n) is 16.0. The van der Waals surface area contributed by atoms with Crippen LogP contribution in [0.25, 0.3) is 0 Å². The van der Waals surface area contributed by atoms with E-state index in [0.717, 1.165) is 0 Å². The van der Waals surface area contributed by atoms with Crippen LogP contribution in [-0.2, 0) is 33.3 Å². The fourth-order valence-corrected chi connectivity index (χ4v) is 6.71. The number of carbonyl (C=O) groups excluding carboxylic acids is 3. The number of nitrogens with zero attached hydrogens (tertiary/aromatic N) is 2. The first-order valence-corrected chi connectivity index (χ1v) is 16.0. The Morgan fingerprint density at radius 1 is 1.16 bits per heavy atom. The lowest BCUT2D eigenvalue weighted by Crippen LogP contribution is -2.60. The maximum absolute atomic E-state index is 14.0.